The zero-order chi connectivity index (χ0) is 26.7. The number of hydrogen-bond donors (Lipinski definition) is 1. The summed E-state index contributed by atoms with van der Waals surface area (Å²) in [4.78, 5) is 32.0. The van der Waals surface area contributed by atoms with Crippen molar-refractivity contribution in [3.05, 3.63) is 59.2 Å². The van der Waals surface area contributed by atoms with Crippen LogP contribution in [0.3, 0.4) is 0 Å². The lowest BCUT2D eigenvalue weighted by molar-refractivity contribution is 0.0240. The van der Waals surface area contributed by atoms with E-state index in [4.69, 9.17) is 9.47 Å². The van der Waals surface area contributed by atoms with E-state index in [2.05, 4.69) is 33.3 Å². The van der Waals surface area contributed by atoms with E-state index in [-0.39, 0.29) is 18.0 Å². The minimum Gasteiger partial charge on any atom is -0.444 e. The minimum absolute atomic E-state index is 0.0181. The second kappa shape index (κ2) is 11.2. The van der Waals surface area contributed by atoms with Crippen molar-refractivity contribution >= 4 is 23.4 Å². The van der Waals surface area contributed by atoms with Gasteiger partial charge in [-0.1, -0.05) is 12.1 Å². The number of hydrogen-bond acceptors (Lipinski definition) is 6. The van der Waals surface area contributed by atoms with E-state index < -0.39 is 5.60 Å². The zero-order valence-corrected chi connectivity index (χ0v) is 22.9. The van der Waals surface area contributed by atoms with Crippen LogP contribution in [-0.4, -0.2) is 81.0 Å². The SMILES string of the molecule is CC(C)(C)OC(=O)N1CCN(c2cccc3c2CC(NC(=O)c2ccc(N4CCOCC4)cc2)CC3)CC1. The third-order valence-corrected chi connectivity index (χ3v) is 7.57. The van der Waals surface area contributed by atoms with Gasteiger partial charge in [-0.15, -0.1) is 0 Å². The second-order valence-electron chi connectivity index (χ2n) is 11.4. The van der Waals surface area contributed by atoms with Gasteiger partial charge in [0.15, 0.2) is 0 Å². The maximum absolute atomic E-state index is 13.1. The summed E-state index contributed by atoms with van der Waals surface area (Å²) >= 11 is 0. The summed E-state index contributed by atoms with van der Waals surface area (Å²) in [6.07, 6.45) is 2.45. The predicted molar refractivity (Wildman–Crippen MR) is 149 cm³/mol. The number of morpholine rings is 1. The fourth-order valence-corrected chi connectivity index (χ4v) is 5.56. The highest BCUT2D eigenvalue weighted by Crippen LogP contribution is 2.31. The Labute approximate surface area is 225 Å². The molecule has 0 aromatic heterocycles. The molecule has 2 saturated heterocycles. The number of nitrogens with one attached hydrogen (secondary N) is 1. The summed E-state index contributed by atoms with van der Waals surface area (Å²) in [7, 11) is 0. The van der Waals surface area contributed by atoms with Gasteiger partial charge in [-0.05, 0) is 81.5 Å². The molecule has 204 valence electrons. The van der Waals surface area contributed by atoms with Crippen LogP contribution in [0, 0.1) is 0 Å². The van der Waals surface area contributed by atoms with Gasteiger partial charge in [0.1, 0.15) is 5.60 Å². The highest BCUT2D eigenvalue weighted by Gasteiger charge is 2.29. The van der Waals surface area contributed by atoms with Crippen LogP contribution in [0.4, 0.5) is 16.2 Å². The van der Waals surface area contributed by atoms with Crippen molar-refractivity contribution in [2.24, 2.45) is 0 Å². The molecule has 1 N–H and O–H groups in total. The molecule has 1 atom stereocenters. The smallest absolute Gasteiger partial charge is 0.410 e. The van der Waals surface area contributed by atoms with Gasteiger partial charge in [-0.2, -0.15) is 0 Å². The van der Waals surface area contributed by atoms with E-state index in [0.717, 1.165) is 64.3 Å². The number of benzene rings is 2. The van der Waals surface area contributed by atoms with E-state index in [1.165, 1.54) is 16.8 Å². The number of nitrogens with zero attached hydrogens (tertiary/aromatic N) is 3. The molecule has 8 heteroatoms. The van der Waals surface area contributed by atoms with Crippen LogP contribution < -0.4 is 15.1 Å². The van der Waals surface area contributed by atoms with Gasteiger partial charge >= 0.3 is 6.09 Å². The number of amides is 2. The van der Waals surface area contributed by atoms with Gasteiger partial charge in [-0.3, -0.25) is 4.79 Å². The van der Waals surface area contributed by atoms with Crippen molar-refractivity contribution in [3.8, 4) is 0 Å². The van der Waals surface area contributed by atoms with Crippen molar-refractivity contribution in [2.45, 2.75) is 51.7 Å². The number of carbonyl (C=O) groups excluding carboxylic acids is 2. The summed E-state index contributed by atoms with van der Waals surface area (Å²) in [6.45, 7) is 11.7. The summed E-state index contributed by atoms with van der Waals surface area (Å²) in [5.74, 6) is -0.0181. The molecular weight excluding hydrogens is 480 g/mol. The standard InChI is InChI=1S/C30H40N4O4/c1-30(2,3)38-29(36)34-15-13-33(14-16-34)27-6-4-5-22-7-10-24(21-26(22)27)31-28(35)23-8-11-25(12-9-23)32-17-19-37-20-18-32/h4-6,8-9,11-12,24H,7,10,13-21H2,1-3H3,(H,31,35). The monoisotopic (exact) mass is 520 g/mol. The molecule has 0 bridgehead atoms. The highest BCUT2D eigenvalue weighted by atomic mass is 16.6. The van der Waals surface area contributed by atoms with E-state index in [9.17, 15) is 9.59 Å². The van der Waals surface area contributed by atoms with Crippen LogP contribution in [0.1, 0.15) is 48.7 Å². The quantitative estimate of drug-likeness (QED) is 0.660. The van der Waals surface area contributed by atoms with Crippen molar-refractivity contribution < 1.29 is 19.1 Å². The molecule has 0 radical (unpaired) electrons. The van der Waals surface area contributed by atoms with E-state index in [1.807, 2.05) is 45.0 Å². The number of anilines is 2. The average molecular weight is 521 g/mol. The molecule has 2 heterocycles. The van der Waals surface area contributed by atoms with Crippen molar-refractivity contribution in [1.82, 2.24) is 10.2 Å². The Hall–Kier alpha value is -3.26. The topological polar surface area (TPSA) is 74.4 Å². The molecule has 2 aliphatic heterocycles. The van der Waals surface area contributed by atoms with Gasteiger partial charge in [0.05, 0.1) is 13.2 Å². The lowest BCUT2D eigenvalue weighted by atomic mass is 9.86. The first kappa shape index (κ1) is 26.4. The summed E-state index contributed by atoms with van der Waals surface area (Å²) in [5.41, 5.74) is 5.24. The number of piperazine rings is 1. The van der Waals surface area contributed by atoms with Gasteiger partial charge in [0.2, 0.25) is 0 Å². The Kier molecular flexibility index (Phi) is 7.79. The third-order valence-electron chi connectivity index (χ3n) is 7.57. The first-order valence-electron chi connectivity index (χ1n) is 13.8. The number of ether oxygens (including phenoxy) is 2. The molecule has 2 amide bonds. The number of fused-ring (bicyclic) bond motifs is 1. The molecule has 1 aliphatic carbocycles. The maximum atomic E-state index is 13.1. The van der Waals surface area contributed by atoms with Gasteiger partial charge in [0, 0.05) is 62.2 Å². The van der Waals surface area contributed by atoms with Gasteiger partial charge in [0.25, 0.3) is 5.91 Å². The van der Waals surface area contributed by atoms with Crippen LogP contribution in [0.2, 0.25) is 0 Å². The molecule has 2 aromatic carbocycles. The van der Waals surface area contributed by atoms with Crippen molar-refractivity contribution in [3.63, 3.8) is 0 Å². The molecule has 1 unspecified atom stereocenters. The van der Waals surface area contributed by atoms with Crippen LogP contribution >= 0.6 is 0 Å². The lowest BCUT2D eigenvalue weighted by Gasteiger charge is -2.39. The molecule has 0 spiro atoms. The Bertz CT molecular complexity index is 1130. The van der Waals surface area contributed by atoms with Crippen molar-refractivity contribution in [2.75, 3.05) is 62.3 Å². The first-order valence-corrected chi connectivity index (χ1v) is 13.8. The molecule has 2 fully saturated rings. The van der Waals surface area contributed by atoms with Crippen LogP contribution in [0.5, 0.6) is 0 Å². The fourth-order valence-electron chi connectivity index (χ4n) is 5.56. The lowest BCUT2D eigenvalue weighted by Crippen LogP contribution is -2.50. The van der Waals surface area contributed by atoms with Crippen molar-refractivity contribution in [1.29, 1.82) is 0 Å². The summed E-state index contributed by atoms with van der Waals surface area (Å²) in [6, 6.07) is 14.5. The van der Waals surface area contributed by atoms with Crippen LogP contribution in [-0.2, 0) is 22.3 Å². The Morgan fingerprint density at radius 3 is 2.32 bits per heavy atom. The number of aryl methyl sites for hydroxylation is 1. The third kappa shape index (κ3) is 6.23. The molecule has 8 nitrogen and oxygen atoms in total. The largest absolute Gasteiger partial charge is 0.444 e. The van der Waals surface area contributed by atoms with Gasteiger partial charge in [-0.25, -0.2) is 4.79 Å². The molecule has 38 heavy (non-hydrogen) atoms. The summed E-state index contributed by atoms with van der Waals surface area (Å²) in [5, 5.41) is 3.29. The van der Waals surface area contributed by atoms with Gasteiger partial charge < -0.3 is 29.5 Å². The Morgan fingerprint density at radius 1 is 0.921 bits per heavy atom. The molecule has 2 aromatic rings. The molecule has 0 saturated carbocycles. The fraction of sp³-hybridized carbons (Fsp3) is 0.533. The minimum atomic E-state index is -0.489. The Balaban J connectivity index is 1.20. The van der Waals surface area contributed by atoms with Crippen LogP contribution in [0.15, 0.2) is 42.5 Å². The predicted octanol–water partition coefficient (Wildman–Crippen LogP) is 3.87. The van der Waals surface area contributed by atoms with Crippen LogP contribution in [0.25, 0.3) is 0 Å². The molecule has 3 aliphatic rings. The molecular formula is C30H40N4O4. The summed E-state index contributed by atoms with van der Waals surface area (Å²) < 4.78 is 11.0. The highest BCUT2D eigenvalue weighted by molar-refractivity contribution is 5.94. The second-order valence-corrected chi connectivity index (χ2v) is 11.4. The zero-order valence-electron chi connectivity index (χ0n) is 22.9. The maximum Gasteiger partial charge on any atom is 0.410 e. The number of carbonyl (C=O) groups is 2. The van der Waals surface area contributed by atoms with E-state index >= 15 is 0 Å². The van der Waals surface area contributed by atoms with E-state index in [1.54, 1.807) is 4.90 Å². The average Bonchev–Trinajstić information content (AvgIpc) is 2.92. The Morgan fingerprint density at radius 2 is 1.63 bits per heavy atom. The van der Waals surface area contributed by atoms with E-state index in [0.29, 0.717) is 18.7 Å². The first-order chi connectivity index (χ1) is 18.3. The normalized spacial score (nSPS) is 20.1. The number of rotatable bonds is 4. The molecule has 5 rings (SSSR count).